The van der Waals surface area contributed by atoms with Crippen LogP contribution in [0.1, 0.15) is 0 Å². The molecule has 0 saturated carbocycles. The summed E-state index contributed by atoms with van der Waals surface area (Å²) in [6.07, 6.45) is 0. The van der Waals surface area contributed by atoms with E-state index in [4.69, 9.17) is 9.47 Å². The van der Waals surface area contributed by atoms with E-state index in [2.05, 4.69) is 0 Å². The second-order valence-electron chi connectivity index (χ2n) is 3.94. The van der Waals surface area contributed by atoms with Crippen LogP contribution in [0, 0.1) is 0 Å². The Bertz CT molecular complexity index is 440. The van der Waals surface area contributed by atoms with Gasteiger partial charge in [-0.25, -0.2) is 9.59 Å². The van der Waals surface area contributed by atoms with Crippen molar-refractivity contribution in [3.05, 3.63) is 21.0 Å². The van der Waals surface area contributed by atoms with Crippen LogP contribution in [-0.2, 0) is 19.1 Å². The Morgan fingerprint density at radius 3 is 1.60 bits per heavy atom. The van der Waals surface area contributed by atoms with Crippen molar-refractivity contribution in [3.8, 4) is 0 Å². The summed E-state index contributed by atoms with van der Waals surface area (Å²) < 4.78 is 9.58. The number of methoxy groups -OCH3 is 2. The van der Waals surface area contributed by atoms with Crippen LogP contribution in [-0.4, -0.2) is 49.2 Å². The second-order valence-corrected chi connectivity index (χ2v) is 8.23. The minimum atomic E-state index is -0.249. The standard InChI is InChI=1S/C12H14O4S4/c1-15-11(13)7-3-17-5-9(7)19-20-10-6-18-4-8(10)12(14)16-2/h3-6H2,1-2H3. The molecule has 0 amide bonds. The maximum absolute atomic E-state index is 11.6. The molecular weight excluding hydrogens is 336 g/mol. The van der Waals surface area contributed by atoms with Crippen LogP contribution in [0.2, 0.25) is 0 Å². The predicted octanol–water partition coefficient (Wildman–Crippen LogP) is 2.72. The van der Waals surface area contributed by atoms with Gasteiger partial charge in [0.05, 0.1) is 25.4 Å². The fraction of sp³-hybridized carbons (Fsp3) is 0.500. The van der Waals surface area contributed by atoms with Crippen molar-refractivity contribution in [2.45, 2.75) is 0 Å². The van der Waals surface area contributed by atoms with Crippen LogP contribution in [0.15, 0.2) is 21.0 Å². The molecule has 0 bridgehead atoms. The van der Waals surface area contributed by atoms with E-state index in [1.54, 1.807) is 45.1 Å². The minimum absolute atomic E-state index is 0.249. The van der Waals surface area contributed by atoms with Gasteiger partial charge in [0.25, 0.3) is 0 Å². The van der Waals surface area contributed by atoms with Gasteiger partial charge in [0, 0.05) is 32.8 Å². The third kappa shape index (κ3) is 3.72. The maximum atomic E-state index is 11.6. The lowest BCUT2D eigenvalue weighted by Gasteiger charge is -2.06. The van der Waals surface area contributed by atoms with Crippen LogP contribution < -0.4 is 0 Å². The molecule has 2 heterocycles. The molecule has 4 nitrogen and oxygen atoms in total. The van der Waals surface area contributed by atoms with Gasteiger partial charge in [-0.2, -0.15) is 23.5 Å². The highest BCUT2D eigenvalue weighted by atomic mass is 33.1. The van der Waals surface area contributed by atoms with Crippen molar-refractivity contribution in [2.75, 3.05) is 37.2 Å². The summed E-state index contributed by atoms with van der Waals surface area (Å²) >= 11 is 3.41. The molecule has 0 N–H and O–H groups in total. The molecular formula is C12H14O4S4. The van der Waals surface area contributed by atoms with E-state index >= 15 is 0 Å². The molecule has 0 atom stereocenters. The van der Waals surface area contributed by atoms with Gasteiger partial charge < -0.3 is 9.47 Å². The molecule has 8 heteroatoms. The number of esters is 2. The molecule has 0 aliphatic carbocycles. The summed E-state index contributed by atoms with van der Waals surface area (Å²) in [5.41, 5.74) is 1.50. The lowest BCUT2D eigenvalue weighted by atomic mass is 10.3. The van der Waals surface area contributed by atoms with Crippen LogP contribution in [0.5, 0.6) is 0 Å². The number of hydrogen-bond acceptors (Lipinski definition) is 8. The summed E-state index contributed by atoms with van der Waals surface area (Å²) in [6.45, 7) is 0. The summed E-state index contributed by atoms with van der Waals surface area (Å²) in [4.78, 5) is 25.4. The molecule has 0 aromatic carbocycles. The molecule has 0 radical (unpaired) electrons. The van der Waals surface area contributed by atoms with E-state index in [1.807, 2.05) is 0 Å². The molecule has 0 saturated heterocycles. The Hall–Kier alpha value is -0.180. The Kier molecular flexibility index (Phi) is 6.25. The van der Waals surface area contributed by atoms with Gasteiger partial charge >= 0.3 is 11.9 Å². The molecule has 20 heavy (non-hydrogen) atoms. The third-order valence-electron chi connectivity index (χ3n) is 2.74. The molecule has 0 fully saturated rings. The van der Waals surface area contributed by atoms with E-state index in [0.717, 1.165) is 32.5 Å². The highest BCUT2D eigenvalue weighted by molar-refractivity contribution is 8.79. The van der Waals surface area contributed by atoms with E-state index in [0.29, 0.717) is 11.5 Å². The van der Waals surface area contributed by atoms with Crippen LogP contribution in [0.25, 0.3) is 0 Å². The minimum Gasteiger partial charge on any atom is -0.466 e. The summed E-state index contributed by atoms with van der Waals surface area (Å²) in [7, 11) is 5.92. The molecule has 110 valence electrons. The molecule has 0 spiro atoms. The largest absolute Gasteiger partial charge is 0.466 e. The number of thioether (sulfide) groups is 2. The quantitative estimate of drug-likeness (QED) is 0.554. The van der Waals surface area contributed by atoms with Gasteiger partial charge in [0.1, 0.15) is 0 Å². The number of carbonyl (C=O) groups excluding carboxylic acids is 2. The van der Waals surface area contributed by atoms with Gasteiger partial charge in [-0.05, 0) is 0 Å². The first kappa shape index (κ1) is 16.2. The Morgan fingerprint density at radius 1 is 0.850 bits per heavy atom. The highest BCUT2D eigenvalue weighted by Crippen LogP contribution is 2.46. The Morgan fingerprint density at radius 2 is 1.25 bits per heavy atom. The average Bonchev–Trinajstić information content (AvgIpc) is 3.11. The van der Waals surface area contributed by atoms with Gasteiger partial charge in [0.2, 0.25) is 0 Å². The van der Waals surface area contributed by atoms with Crippen molar-refractivity contribution in [2.24, 2.45) is 0 Å². The lowest BCUT2D eigenvalue weighted by molar-refractivity contribution is -0.136. The number of carbonyl (C=O) groups is 2. The number of hydrogen-bond donors (Lipinski definition) is 0. The number of rotatable bonds is 5. The molecule has 2 aliphatic heterocycles. The zero-order valence-corrected chi connectivity index (χ0v) is 14.4. The molecule has 2 aliphatic rings. The fourth-order valence-corrected chi connectivity index (χ4v) is 7.44. The van der Waals surface area contributed by atoms with E-state index in [9.17, 15) is 9.59 Å². The first-order valence-electron chi connectivity index (χ1n) is 5.78. The monoisotopic (exact) mass is 350 g/mol. The van der Waals surface area contributed by atoms with Crippen molar-refractivity contribution in [1.29, 1.82) is 0 Å². The third-order valence-corrected chi connectivity index (χ3v) is 7.80. The van der Waals surface area contributed by atoms with Gasteiger partial charge in [0.15, 0.2) is 0 Å². The van der Waals surface area contributed by atoms with Gasteiger partial charge in [-0.1, -0.05) is 21.6 Å². The van der Waals surface area contributed by atoms with Crippen LogP contribution >= 0.6 is 45.1 Å². The zero-order chi connectivity index (χ0) is 14.5. The van der Waals surface area contributed by atoms with Crippen molar-refractivity contribution in [1.82, 2.24) is 0 Å². The highest BCUT2D eigenvalue weighted by Gasteiger charge is 2.26. The molecule has 0 aromatic heterocycles. The summed E-state index contributed by atoms with van der Waals surface area (Å²) in [5.74, 6) is 2.56. The Balaban J connectivity index is 2.04. The van der Waals surface area contributed by atoms with E-state index in [-0.39, 0.29) is 11.9 Å². The summed E-state index contributed by atoms with van der Waals surface area (Å²) in [6, 6.07) is 0. The number of ether oxygens (including phenoxy) is 2. The lowest BCUT2D eigenvalue weighted by Crippen LogP contribution is -2.06. The molecule has 0 aromatic rings. The van der Waals surface area contributed by atoms with E-state index in [1.165, 1.54) is 14.2 Å². The molecule has 2 rings (SSSR count). The summed E-state index contributed by atoms with van der Waals surface area (Å²) in [5, 5.41) is 0. The predicted molar refractivity (Wildman–Crippen MR) is 87.9 cm³/mol. The SMILES string of the molecule is COC(=O)C1=C(SSC2=C(C(=O)OC)CSC2)CSC1. The van der Waals surface area contributed by atoms with Crippen molar-refractivity contribution in [3.63, 3.8) is 0 Å². The zero-order valence-electron chi connectivity index (χ0n) is 11.1. The topological polar surface area (TPSA) is 52.6 Å². The first-order valence-corrected chi connectivity index (χ1v) is 10.2. The van der Waals surface area contributed by atoms with Crippen molar-refractivity contribution < 1.29 is 19.1 Å². The maximum Gasteiger partial charge on any atom is 0.335 e. The van der Waals surface area contributed by atoms with Gasteiger partial charge in [-0.3, -0.25) is 0 Å². The Labute approximate surface area is 134 Å². The van der Waals surface area contributed by atoms with Crippen LogP contribution in [0.3, 0.4) is 0 Å². The molecule has 0 unspecified atom stereocenters. The van der Waals surface area contributed by atoms with Crippen molar-refractivity contribution >= 4 is 57.1 Å². The fourth-order valence-electron chi connectivity index (χ4n) is 1.67. The van der Waals surface area contributed by atoms with Gasteiger partial charge in [-0.15, -0.1) is 0 Å². The van der Waals surface area contributed by atoms with E-state index < -0.39 is 0 Å². The first-order chi connectivity index (χ1) is 9.67. The van der Waals surface area contributed by atoms with Crippen LogP contribution in [0.4, 0.5) is 0 Å². The normalized spacial score (nSPS) is 18.7. The smallest absolute Gasteiger partial charge is 0.335 e. The second kappa shape index (κ2) is 7.72. The average molecular weight is 351 g/mol.